The van der Waals surface area contributed by atoms with E-state index in [1.54, 1.807) is 12.1 Å². The van der Waals surface area contributed by atoms with Gasteiger partial charge in [0, 0.05) is 0 Å². The maximum atomic E-state index is 14.3. The molecular formula is C13H12ClFN4O2. The van der Waals surface area contributed by atoms with Crippen LogP contribution in [-0.2, 0) is 4.74 Å². The van der Waals surface area contributed by atoms with Crippen LogP contribution in [0.5, 0.6) is 5.75 Å². The summed E-state index contributed by atoms with van der Waals surface area (Å²) < 4.78 is 24.3. The summed E-state index contributed by atoms with van der Waals surface area (Å²) >= 11 is 5.88. The van der Waals surface area contributed by atoms with Crippen LogP contribution in [0.15, 0.2) is 18.2 Å². The minimum atomic E-state index is -0.541. The number of hydrogen-bond acceptors (Lipinski definition) is 6. The van der Waals surface area contributed by atoms with Crippen molar-refractivity contribution >= 4 is 17.5 Å². The molecule has 1 saturated heterocycles. The molecule has 0 aliphatic carbocycles. The van der Waals surface area contributed by atoms with Crippen LogP contribution in [-0.4, -0.2) is 41.3 Å². The monoisotopic (exact) mass is 310 g/mol. The Labute approximate surface area is 125 Å². The summed E-state index contributed by atoms with van der Waals surface area (Å²) in [6, 6.07) is 4.86. The molecule has 0 bridgehead atoms. The number of methoxy groups -OCH3 is 1. The Balaban J connectivity index is 1.97. The molecular weight excluding hydrogens is 299 g/mol. The predicted molar refractivity (Wildman–Crippen MR) is 75.0 cm³/mol. The van der Waals surface area contributed by atoms with Gasteiger partial charge in [-0.05, 0) is 23.7 Å². The van der Waals surface area contributed by atoms with E-state index in [4.69, 9.17) is 21.1 Å². The molecule has 21 heavy (non-hydrogen) atoms. The Morgan fingerprint density at radius 3 is 2.81 bits per heavy atom. The van der Waals surface area contributed by atoms with Gasteiger partial charge in [0.05, 0.1) is 31.9 Å². The summed E-state index contributed by atoms with van der Waals surface area (Å²) in [6.45, 7) is 1.15. The van der Waals surface area contributed by atoms with E-state index in [2.05, 4.69) is 20.3 Å². The molecule has 6 nitrogen and oxygen atoms in total. The summed E-state index contributed by atoms with van der Waals surface area (Å²) in [7, 11) is 1.39. The molecule has 1 aromatic carbocycles. The molecule has 2 heterocycles. The molecule has 1 aromatic heterocycles. The zero-order valence-corrected chi connectivity index (χ0v) is 11.9. The van der Waals surface area contributed by atoms with Crippen LogP contribution in [0.3, 0.4) is 0 Å². The number of nitrogens with zero attached hydrogens (tertiary/aromatic N) is 3. The number of nitrogens with one attached hydrogen (secondary N) is 1. The molecule has 0 saturated carbocycles. The summed E-state index contributed by atoms with van der Waals surface area (Å²) in [5.74, 6) is 0.0146. The highest BCUT2D eigenvalue weighted by molar-refractivity contribution is 6.28. The average Bonchev–Trinajstić information content (AvgIpc) is 2.42. The molecule has 0 atom stereocenters. The fourth-order valence-electron chi connectivity index (χ4n) is 1.88. The number of hydrogen-bond donors (Lipinski definition) is 1. The average molecular weight is 311 g/mol. The van der Waals surface area contributed by atoms with Crippen LogP contribution in [0.1, 0.15) is 0 Å². The van der Waals surface area contributed by atoms with E-state index >= 15 is 0 Å². The van der Waals surface area contributed by atoms with Crippen molar-refractivity contribution in [2.45, 2.75) is 6.04 Å². The SMILES string of the molecule is COc1cccc(-c2nc(Cl)nc(NC3COC3)n2)c1F. The van der Waals surface area contributed by atoms with Crippen molar-refractivity contribution in [3.8, 4) is 17.1 Å². The van der Waals surface area contributed by atoms with Gasteiger partial charge in [-0.3, -0.25) is 0 Å². The number of ether oxygens (including phenoxy) is 2. The fraction of sp³-hybridized carbons (Fsp3) is 0.308. The molecule has 110 valence electrons. The van der Waals surface area contributed by atoms with Gasteiger partial charge in [-0.15, -0.1) is 0 Å². The highest BCUT2D eigenvalue weighted by Crippen LogP contribution is 2.27. The number of anilines is 1. The van der Waals surface area contributed by atoms with Gasteiger partial charge in [-0.2, -0.15) is 15.0 Å². The Kier molecular flexibility index (Phi) is 3.85. The van der Waals surface area contributed by atoms with Crippen LogP contribution in [0.2, 0.25) is 5.28 Å². The number of rotatable bonds is 4. The largest absolute Gasteiger partial charge is 0.494 e. The van der Waals surface area contributed by atoms with E-state index in [1.807, 2.05) is 0 Å². The van der Waals surface area contributed by atoms with Gasteiger partial charge in [0.15, 0.2) is 17.4 Å². The van der Waals surface area contributed by atoms with E-state index in [1.165, 1.54) is 13.2 Å². The van der Waals surface area contributed by atoms with Crippen LogP contribution in [0.4, 0.5) is 10.3 Å². The second-order valence-corrected chi connectivity index (χ2v) is 4.79. The second-order valence-electron chi connectivity index (χ2n) is 4.45. The van der Waals surface area contributed by atoms with E-state index in [0.29, 0.717) is 19.2 Å². The zero-order chi connectivity index (χ0) is 14.8. The fourth-order valence-corrected chi connectivity index (χ4v) is 2.04. The van der Waals surface area contributed by atoms with Crippen LogP contribution in [0.25, 0.3) is 11.4 Å². The highest BCUT2D eigenvalue weighted by atomic mass is 35.5. The standard InChI is InChI=1S/C13H12ClFN4O2/c1-20-9-4-2-3-8(10(9)15)11-17-12(14)19-13(18-11)16-7-5-21-6-7/h2-4,7H,5-6H2,1H3,(H,16,17,18,19). The van der Waals surface area contributed by atoms with Crippen molar-refractivity contribution in [3.05, 3.63) is 29.3 Å². The molecule has 1 N–H and O–H groups in total. The number of benzene rings is 1. The van der Waals surface area contributed by atoms with Crippen molar-refractivity contribution in [3.63, 3.8) is 0 Å². The minimum absolute atomic E-state index is 0.00929. The minimum Gasteiger partial charge on any atom is -0.494 e. The molecule has 2 aromatic rings. The molecule has 1 aliphatic heterocycles. The summed E-state index contributed by atoms with van der Waals surface area (Å²) in [5, 5.41) is 3.04. The molecule has 3 rings (SSSR count). The summed E-state index contributed by atoms with van der Waals surface area (Å²) in [5.41, 5.74) is 0.201. The van der Waals surface area contributed by atoms with E-state index in [9.17, 15) is 4.39 Å². The van der Waals surface area contributed by atoms with Crippen molar-refractivity contribution in [2.75, 3.05) is 25.6 Å². The first-order valence-corrected chi connectivity index (χ1v) is 6.64. The molecule has 0 radical (unpaired) electrons. The third-order valence-corrected chi connectivity index (χ3v) is 3.17. The maximum absolute atomic E-state index is 14.3. The van der Waals surface area contributed by atoms with Crippen molar-refractivity contribution in [1.82, 2.24) is 15.0 Å². The lowest BCUT2D eigenvalue weighted by molar-refractivity contribution is 0.0208. The first-order chi connectivity index (χ1) is 10.2. The molecule has 0 spiro atoms. The van der Waals surface area contributed by atoms with Crippen molar-refractivity contribution in [1.29, 1.82) is 0 Å². The molecule has 0 amide bonds. The molecule has 1 fully saturated rings. The quantitative estimate of drug-likeness (QED) is 0.933. The van der Waals surface area contributed by atoms with Gasteiger partial charge >= 0.3 is 0 Å². The normalized spacial score (nSPS) is 14.6. The third-order valence-electron chi connectivity index (χ3n) is 3.00. The van der Waals surface area contributed by atoms with Gasteiger partial charge < -0.3 is 14.8 Å². The Morgan fingerprint density at radius 1 is 1.33 bits per heavy atom. The van der Waals surface area contributed by atoms with E-state index < -0.39 is 5.82 Å². The van der Waals surface area contributed by atoms with Crippen LogP contribution >= 0.6 is 11.6 Å². The third kappa shape index (κ3) is 2.88. The lowest BCUT2D eigenvalue weighted by atomic mass is 10.2. The summed E-state index contributed by atoms with van der Waals surface area (Å²) in [4.78, 5) is 12.1. The lowest BCUT2D eigenvalue weighted by Crippen LogP contribution is -2.40. The predicted octanol–water partition coefficient (Wildman–Crippen LogP) is 2.15. The lowest BCUT2D eigenvalue weighted by Gasteiger charge is -2.26. The van der Waals surface area contributed by atoms with Crippen LogP contribution in [0, 0.1) is 5.82 Å². The topological polar surface area (TPSA) is 69.2 Å². The highest BCUT2D eigenvalue weighted by Gasteiger charge is 2.20. The van der Waals surface area contributed by atoms with E-state index in [-0.39, 0.29) is 28.5 Å². The van der Waals surface area contributed by atoms with Gasteiger partial charge in [0.25, 0.3) is 0 Å². The molecule has 0 unspecified atom stereocenters. The number of aromatic nitrogens is 3. The summed E-state index contributed by atoms with van der Waals surface area (Å²) in [6.07, 6.45) is 0. The van der Waals surface area contributed by atoms with Gasteiger partial charge in [0.1, 0.15) is 0 Å². The Bertz CT molecular complexity index is 667. The Morgan fingerprint density at radius 2 is 2.14 bits per heavy atom. The van der Waals surface area contributed by atoms with Crippen molar-refractivity contribution in [2.24, 2.45) is 0 Å². The number of halogens is 2. The van der Waals surface area contributed by atoms with Gasteiger partial charge in [0.2, 0.25) is 11.2 Å². The first kappa shape index (κ1) is 14.0. The molecule has 1 aliphatic rings. The Hall–Kier alpha value is -1.99. The smallest absolute Gasteiger partial charge is 0.227 e. The van der Waals surface area contributed by atoms with Gasteiger partial charge in [-0.1, -0.05) is 6.07 Å². The first-order valence-electron chi connectivity index (χ1n) is 6.26. The van der Waals surface area contributed by atoms with Crippen molar-refractivity contribution < 1.29 is 13.9 Å². The van der Waals surface area contributed by atoms with E-state index in [0.717, 1.165) is 0 Å². The molecule has 8 heteroatoms. The second kappa shape index (κ2) is 5.79. The van der Waals surface area contributed by atoms with Gasteiger partial charge in [-0.25, -0.2) is 4.39 Å². The van der Waals surface area contributed by atoms with Crippen LogP contribution < -0.4 is 10.1 Å². The maximum Gasteiger partial charge on any atom is 0.227 e. The zero-order valence-electron chi connectivity index (χ0n) is 11.1.